The van der Waals surface area contributed by atoms with Gasteiger partial charge < -0.3 is 0 Å². The molecule has 1 heterocycles. The summed E-state index contributed by atoms with van der Waals surface area (Å²) in [6, 6.07) is 8.02. The molecule has 0 aromatic heterocycles. The molecule has 1 N–H and O–H groups in total. The zero-order chi connectivity index (χ0) is 13.7. The van der Waals surface area contributed by atoms with Crippen molar-refractivity contribution < 1.29 is 8.42 Å². The Kier molecular flexibility index (Phi) is 5.16. The van der Waals surface area contributed by atoms with Crippen molar-refractivity contribution in [2.75, 3.05) is 23.8 Å². The number of sulfonamides is 1. The minimum Gasteiger partial charge on any atom is -0.210 e. The number of hydrogen-bond donors (Lipinski definition) is 1. The highest BCUT2D eigenvalue weighted by molar-refractivity contribution is 8.06. The van der Waals surface area contributed by atoms with Crippen LogP contribution in [0.1, 0.15) is 5.56 Å². The van der Waals surface area contributed by atoms with Crippen LogP contribution in [0.25, 0.3) is 0 Å². The molecule has 0 saturated carbocycles. The molecule has 1 atom stereocenters. The molecule has 0 aliphatic carbocycles. The Bertz CT molecular complexity index is 575. The van der Waals surface area contributed by atoms with E-state index < -0.39 is 10.0 Å². The molecule has 19 heavy (non-hydrogen) atoms. The van der Waals surface area contributed by atoms with Crippen LogP contribution in [0.2, 0.25) is 0 Å². The summed E-state index contributed by atoms with van der Waals surface area (Å²) >= 11 is 3.66. The molecule has 0 spiro atoms. The smallest absolute Gasteiger partial charge is 0.210 e. The number of hydrogen-bond acceptors (Lipinski definition) is 5. The Labute approximate surface area is 122 Å². The van der Waals surface area contributed by atoms with Crippen LogP contribution >= 0.6 is 23.5 Å². The van der Waals surface area contributed by atoms with Crippen molar-refractivity contribution in [1.29, 1.82) is 5.26 Å². The molecule has 1 aromatic carbocycles. The fraction of sp³-hybridized carbons (Fsp3) is 0.417. The van der Waals surface area contributed by atoms with E-state index in [-0.39, 0.29) is 4.90 Å². The van der Waals surface area contributed by atoms with E-state index in [4.69, 9.17) is 5.26 Å². The molecule has 1 saturated heterocycles. The van der Waals surface area contributed by atoms with E-state index in [0.29, 0.717) is 17.4 Å². The molecule has 0 amide bonds. The van der Waals surface area contributed by atoms with Gasteiger partial charge in [0.25, 0.3) is 0 Å². The van der Waals surface area contributed by atoms with E-state index in [0.717, 1.165) is 17.3 Å². The Hall–Kier alpha value is -0.680. The highest BCUT2D eigenvalue weighted by Crippen LogP contribution is 2.23. The SMILES string of the molecule is N#Cc1cccc(S(=O)(=O)NCC2CSCCS2)c1. The standard InChI is InChI=1S/C12H14N2O2S3/c13-7-10-2-1-3-12(6-10)19(15,16)14-8-11-9-17-4-5-18-11/h1-3,6,11,14H,4-5,8-9H2. The summed E-state index contributed by atoms with van der Waals surface area (Å²) in [6.45, 7) is 0.441. The number of nitrogens with one attached hydrogen (secondary N) is 1. The van der Waals surface area contributed by atoms with E-state index >= 15 is 0 Å². The van der Waals surface area contributed by atoms with Crippen molar-refractivity contribution in [3.05, 3.63) is 29.8 Å². The second kappa shape index (κ2) is 6.66. The summed E-state index contributed by atoms with van der Waals surface area (Å²) in [5.74, 6) is 3.19. The van der Waals surface area contributed by atoms with Crippen molar-refractivity contribution in [3.8, 4) is 6.07 Å². The van der Waals surface area contributed by atoms with E-state index in [1.54, 1.807) is 23.9 Å². The van der Waals surface area contributed by atoms with Crippen molar-refractivity contribution in [1.82, 2.24) is 4.72 Å². The number of thioether (sulfide) groups is 2. The lowest BCUT2D eigenvalue weighted by molar-refractivity contribution is 0.581. The highest BCUT2D eigenvalue weighted by Gasteiger charge is 2.19. The molecule has 2 rings (SSSR count). The molecule has 4 nitrogen and oxygen atoms in total. The number of benzene rings is 1. The zero-order valence-electron chi connectivity index (χ0n) is 10.2. The van der Waals surface area contributed by atoms with Gasteiger partial charge in [-0.1, -0.05) is 6.07 Å². The predicted molar refractivity (Wildman–Crippen MR) is 79.9 cm³/mol. The van der Waals surface area contributed by atoms with Crippen LogP contribution in [-0.2, 0) is 10.0 Å². The summed E-state index contributed by atoms with van der Waals surface area (Å²) in [6.07, 6.45) is 0. The first-order chi connectivity index (χ1) is 9.12. The molecule has 1 aromatic rings. The monoisotopic (exact) mass is 314 g/mol. The lowest BCUT2D eigenvalue weighted by atomic mass is 10.2. The lowest BCUT2D eigenvalue weighted by Gasteiger charge is -2.21. The van der Waals surface area contributed by atoms with Gasteiger partial charge in [-0.3, -0.25) is 0 Å². The van der Waals surface area contributed by atoms with Crippen LogP contribution in [0, 0.1) is 11.3 Å². The van der Waals surface area contributed by atoms with Gasteiger partial charge in [0.05, 0.1) is 16.5 Å². The van der Waals surface area contributed by atoms with Crippen molar-refractivity contribution in [3.63, 3.8) is 0 Å². The van der Waals surface area contributed by atoms with Gasteiger partial charge in [-0.25, -0.2) is 13.1 Å². The molecular formula is C12H14N2O2S3. The zero-order valence-corrected chi connectivity index (χ0v) is 12.7. The quantitative estimate of drug-likeness (QED) is 0.916. The van der Waals surface area contributed by atoms with Gasteiger partial charge in [-0.15, -0.1) is 0 Å². The first-order valence-electron chi connectivity index (χ1n) is 5.81. The van der Waals surface area contributed by atoms with Crippen LogP contribution in [0.4, 0.5) is 0 Å². The molecular weight excluding hydrogens is 300 g/mol. The lowest BCUT2D eigenvalue weighted by Crippen LogP contribution is -2.33. The van der Waals surface area contributed by atoms with Gasteiger partial charge in [0, 0.05) is 29.1 Å². The van der Waals surface area contributed by atoms with Gasteiger partial charge in [-0.05, 0) is 18.2 Å². The molecule has 7 heteroatoms. The van der Waals surface area contributed by atoms with Crippen molar-refractivity contribution in [2.45, 2.75) is 10.1 Å². The van der Waals surface area contributed by atoms with Crippen molar-refractivity contribution in [2.24, 2.45) is 0 Å². The van der Waals surface area contributed by atoms with Gasteiger partial charge in [0.15, 0.2) is 0 Å². The normalized spacial score (nSPS) is 19.8. The minimum atomic E-state index is -3.52. The minimum absolute atomic E-state index is 0.153. The average molecular weight is 314 g/mol. The Morgan fingerprint density at radius 3 is 2.95 bits per heavy atom. The Balaban J connectivity index is 2.03. The predicted octanol–water partition coefficient (Wildman–Crippen LogP) is 1.69. The molecule has 1 aliphatic rings. The summed E-state index contributed by atoms with van der Waals surface area (Å²) < 4.78 is 26.8. The molecule has 0 bridgehead atoms. The Morgan fingerprint density at radius 1 is 1.42 bits per heavy atom. The summed E-state index contributed by atoms with van der Waals surface area (Å²) in [5, 5.41) is 9.12. The van der Waals surface area contributed by atoms with Gasteiger partial charge in [0.2, 0.25) is 10.0 Å². The highest BCUT2D eigenvalue weighted by atomic mass is 32.2. The van der Waals surface area contributed by atoms with Gasteiger partial charge in [0.1, 0.15) is 0 Å². The maximum atomic E-state index is 12.1. The van der Waals surface area contributed by atoms with E-state index in [1.807, 2.05) is 17.8 Å². The van der Waals surface area contributed by atoms with Crippen molar-refractivity contribution >= 4 is 33.5 Å². The van der Waals surface area contributed by atoms with Crippen LogP contribution in [0.5, 0.6) is 0 Å². The summed E-state index contributed by atoms with van der Waals surface area (Å²) in [5.41, 5.74) is 0.352. The molecule has 0 radical (unpaired) electrons. The molecule has 1 unspecified atom stereocenters. The molecule has 1 fully saturated rings. The number of nitrogens with zero attached hydrogens (tertiary/aromatic N) is 1. The summed E-state index contributed by atoms with van der Waals surface area (Å²) in [7, 11) is -3.52. The first-order valence-corrected chi connectivity index (χ1v) is 9.49. The topological polar surface area (TPSA) is 70.0 Å². The molecule has 102 valence electrons. The van der Waals surface area contributed by atoms with E-state index in [1.165, 1.54) is 12.1 Å². The number of nitriles is 1. The third-order valence-corrected chi connectivity index (χ3v) is 6.93. The second-order valence-corrected chi connectivity index (χ2v) is 8.38. The fourth-order valence-corrected chi connectivity index (χ4v) is 5.52. The third-order valence-electron chi connectivity index (χ3n) is 2.66. The van der Waals surface area contributed by atoms with E-state index in [2.05, 4.69) is 4.72 Å². The van der Waals surface area contributed by atoms with Gasteiger partial charge >= 0.3 is 0 Å². The summed E-state index contributed by atoms with van der Waals surface area (Å²) in [4.78, 5) is 0.153. The first kappa shape index (κ1) is 14.7. The van der Waals surface area contributed by atoms with Gasteiger partial charge in [-0.2, -0.15) is 28.8 Å². The van der Waals surface area contributed by atoms with Crippen LogP contribution < -0.4 is 4.72 Å². The van der Waals surface area contributed by atoms with Crippen LogP contribution in [0.3, 0.4) is 0 Å². The second-order valence-electron chi connectivity index (χ2n) is 4.06. The maximum Gasteiger partial charge on any atom is 0.240 e. The maximum absolute atomic E-state index is 12.1. The number of rotatable bonds is 4. The third kappa shape index (κ3) is 4.14. The largest absolute Gasteiger partial charge is 0.240 e. The fourth-order valence-electron chi connectivity index (χ4n) is 1.67. The van der Waals surface area contributed by atoms with Crippen LogP contribution in [-0.4, -0.2) is 37.5 Å². The molecule has 1 aliphatic heterocycles. The van der Waals surface area contributed by atoms with Crippen LogP contribution in [0.15, 0.2) is 29.2 Å². The Morgan fingerprint density at radius 2 is 2.26 bits per heavy atom. The average Bonchev–Trinajstić information content (AvgIpc) is 2.46. The van der Waals surface area contributed by atoms with E-state index in [9.17, 15) is 8.42 Å².